The Morgan fingerprint density at radius 1 is 1.21 bits per heavy atom. The van der Waals surface area contributed by atoms with Crippen LogP contribution in [0.3, 0.4) is 0 Å². The maximum atomic E-state index is 12.2. The summed E-state index contributed by atoms with van der Waals surface area (Å²) in [6.45, 7) is 0. The van der Waals surface area contributed by atoms with E-state index in [9.17, 15) is 4.79 Å². The number of hydrogen-bond donors (Lipinski definition) is 1. The van der Waals surface area contributed by atoms with Gasteiger partial charge in [-0.05, 0) is 29.8 Å². The monoisotopic (exact) mass is 439 g/mol. The minimum absolute atomic E-state index is 0.291. The Labute approximate surface area is 160 Å². The molecule has 0 radical (unpaired) electrons. The summed E-state index contributed by atoms with van der Waals surface area (Å²) in [5.74, 6) is 0.493. The number of aromatic nitrogens is 2. The number of benzene rings is 2. The molecule has 0 aliphatic rings. The molecule has 3 aromatic rings. The molecule has 3 rings (SSSR count). The summed E-state index contributed by atoms with van der Waals surface area (Å²) >= 11 is 12.4. The van der Waals surface area contributed by atoms with E-state index in [1.807, 2.05) is 12.1 Å². The first-order chi connectivity index (χ1) is 11.6. The van der Waals surface area contributed by atoms with Crippen LogP contribution in [-0.4, -0.2) is 16.1 Å². The Kier molecular flexibility index (Phi) is 5.89. The van der Waals surface area contributed by atoms with Crippen molar-refractivity contribution in [2.75, 3.05) is 5.32 Å². The lowest BCUT2D eigenvalue weighted by Crippen LogP contribution is -2.12. The summed E-state index contributed by atoms with van der Waals surface area (Å²) in [5.41, 5.74) is 1.60. The number of hydrogen-bond acceptors (Lipinski definition) is 5. The Hall–Kier alpha value is -1.41. The van der Waals surface area contributed by atoms with E-state index in [1.54, 1.807) is 36.0 Å². The highest BCUT2D eigenvalue weighted by Crippen LogP contribution is 2.29. The second-order valence-electron chi connectivity index (χ2n) is 4.73. The van der Waals surface area contributed by atoms with Crippen LogP contribution in [-0.2, 0) is 5.75 Å². The van der Waals surface area contributed by atoms with E-state index >= 15 is 0 Å². The van der Waals surface area contributed by atoms with Gasteiger partial charge in [0.2, 0.25) is 5.13 Å². The summed E-state index contributed by atoms with van der Waals surface area (Å²) in [4.78, 5) is 12.2. The molecule has 0 aliphatic carbocycles. The van der Waals surface area contributed by atoms with Crippen molar-refractivity contribution < 1.29 is 4.79 Å². The molecule has 122 valence electrons. The highest BCUT2D eigenvalue weighted by atomic mass is 79.9. The molecule has 0 bridgehead atoms. The molecule has 0 spiro atoms. The van der Waals surface area contributed by atoms with Crippen LogP contribution in [0.1, 0.15) is 15.9 Å². The zero-order valence-electron chi connectivity index (χ0n) is 12.2. The van der Waals surface area contributed by atoms with E-state index in [1.165, 1.54) is 16.9 Å². The lowest BCUT2D eigenvalue weighted by atomic mass is 10.2. The maximum absolute atomic E-state index is 12.2. The largest absolute Gasteiger partial charge is 0.296 e. The molecule has 24 heavy (non-hydrogen) atoms. The van der Waals surface area contributed by atoms with Gasteiger partial charge in [-0.3, -0.25) is 10.1 Å². The quantitative estimate of drug-likeness (QED) is 0.420. The highest BCUT2D eigenvalue weighted by Gasteiger charge is 2.13. The Morgan fingerprint density at radius 2 is 2.04 bits per heavy atom. The van der Waals surface area contributed by atoms with Gasteiger partial charge in [-0.15, -0.1) is 10.2 Å². The number of nitrogens with zero attached hydrogens (tertiary/aromatic N) is 2. The number of thioether (sulfide) groups is 1. The van der Waals surface area contributed by atoms with Gasteiger partial charge < -0.3 is 0 Å². The fourth-order valence-electron chi connectivity index (χ4n) is 1.90. The van der Waals surface area contributed by atoms with Crippen molar-refractivity contribution in [3.8, 4) is 0 Å². The fourth-order valence-corrected chi connectivity index (χ4v) is 4.26. The number of carbonyl (C=O) groups is 1. The predicted molar refractivity (Wildman–Crippen MR) is 103 cm³/mol. The molecule has 0 aliphatic heterocycles. The zero-order valence-corrected chi connectivity index (χ0v) is 16.2. The molecule has 1 amide bonds. The molecule has 1 N–H and O–H groups in total. The molecule has 8 heteroatoms. The van der Waals surface area contributed by atoms with Gasteiger partial charge in [0.1, 0.15) is 0 Å². The van der Waals surface area contributed by atoms with Crippen molar-refractivity contribution in [1.29, 1.82) is 0 Å². The van der Waals surface area contributed by atoms with Crippen LogP contribution in [0.15, 0.2) is 57.3 Å². The van der Waals surface area contributed by atoms with E-state index < -0.39 is 0 Å². The Balaban J connectivity index is 1.61. The summed E-state index contributed by atoms with van der Waals surface area (Å²) in [6.07, 6.45) is 0. The minimum atomic E-state index is -0.291. The van der Waals surface area contributed by atoms with Gasteiger partial charge in [0.15, 0.2) is 4.34 Å². The van der Waals surface area contributed by atoms with E-state index in [0.29, 0.717) is 15.7 Å². The van der Waals surface area contributed by atoms with Crippen LogP contribution in [0.5, 0.6) is 0 Å². The van der Waals surface area contributed by atoms with Gasteiger partial charge in [0.05, 0.1) is 10.6 Å². The summed E-state index contributed by atoms with van der Waals surface area (Å²) in [7, 11) is 0. The minimum Gasteiger partial charge on any atom is -0.296 e. The average Bonchev–Trinajstić information content (AvgIpc) is 3.01. The normalized spacial score (nSPS) is 10.6. The predicted octanol–water partition coefficient (Wildman–Crippen LogP) is 5.50. The topological polar surface area (TPSA) is 54.9 Å². The summed E-state index contributed by atoms with van der Waals surface area (Å²) < 4.78 is 1.84. The van der Waals surface area contributed by atoms with Gasteiger partial charge >= 0.3 is 0 Å². The van der Waals surface area contributed by atoms with E-state index in [4.69, 9.17) is 11.6 Å². The first-order valence-corrected chi connectivity index (χ1v) is 9.86. The maximum Gasteiger partial charge on any atom is 0.259 e. The lowest BCUT2D eigenvalue weighted by molar-refractivity contribution is 0.102. The van der Waals surface area contributed by atoms with Gasteiger partial charge in [0, 0.05) is 10.2 Å². The third kappa shape index (κ3) is 4.57. The van der Waals surface area contributed by atoms with Gasteiger partial charge in [-0.1, -0.05) is 74.9 Å². The number of carbonyl (C=O) groups excluding carboxylic acids is 1. The van der Waals surface area contributed by atoms with Crippen LogP contribution >= 0.6 is 50.6 Å². The number of rotatable bonds is 5. The highest BCUT2D eigenvalue weighted by molar-refractivity contribution is 9.10. The number of anilines is 1. The fraction of sp³-hybridized carbons (Fsp3) is 0.0625. The number of amides is 1. The first kappa shape index (κ1) is 17.4. The molecule has 0 unspecified atom stereocenters. The molecule has 4 nitrogen and oxygen atoms in total. The third-order valence-corrected chi connectivity index (χ3v) is 5.86. The molecule has 0 atom stereocenters. The van der Waals surface area contributed by atoms with Crippen molar-refractivity contribution in [2.24, 2.45) is 0 Å². The molecular weight excluding hydrogens is 430 g/mol. The van der Waals surface area contributed by atoms with E-state index in [-0.39, 0.29) is 5.91 Å². The SMILES string of the molecule is O=C(Nc1nnc(SCc2cccc(Br)c2)s1)c1ccccc1Cl. The molecule has 0 fully saturated rings. The molecular formula is C16H11BrClN3OS2. The van der Waals surface area contributed by atoms with E-state index in [0.717, 1.165) is 14.6 Å². The van der Waals surface area contributed by atoms with Crippen LogP contribution < -0.4 is 5.32 Å². The molecule has 0 saturated heterocycles. The van der Waals surface area contributed by atoms with Gasteiger partial charge in [-0.25, -0.2) is 0 Å². The van der Waals surface area contributed by atoms with Crippen molar-refractivity contribution in [1.82, 2.24) is 10.2 Å². The Morgan fingerprint density at radius 3 is 2.83 bits per heavy atom. The standard InChI is InChI=1S/C16H11BrClN3OS2/c17-11-5-3-4-10(8-11)9-23-16-21-20-15(24-16)19-14(22)12-6-1-2-7-13(12)18/h1-8H,9H2,(H,19,20,22). The molecule has 2 aromatic carbocycles. The van der Waals surface area contributed by atoms with Gasteiger partial charge in [0.25, 0.3) is 5.91 Å². The van der Waals surface area contributed by atoms with Crippen LogP contribution in [0.4, 0.5) is 5.13 Å². The van der Waals surface area contributed by atoms with Crippen LogP contribution in [0.2, 0.25) is 5.02 Å². The Bertz CT molecular complexity index is 872. The number of halogens is 2. The second-order valence-corrected chi connectivity index (χ2v) is 8.25. The van der Waals surface area contributed by atoms with E-state index in [2.05, 4.69) is 43.6 Å². The molecule has 0 saturated carbocycles. The van der Waals surface area contributed by atoms with Crippen molar-refractivity contribution >= 4 is 61.7 Å². The van der Waals surface area contributed by atoms with Crippen molar-refractivity contribution in [3.05, 3.63) is 69.2 Å². The lowest BCUT2D eigenvalue weighted by Gasteiger charge is -2.02. The molecule has 1 heterocycles. The average molecular weight is 441 g/mol. The summed E-state index contributed by atoms with van der Waals surface area (Å²) in [5, 5.41) is 11.7. The van der Waals surface area contributed by atoms with Crippen molar-refractivity contribution in [2.45, 2.75) is 10.1 Å². The zero-order chi connectivity index (χ0) is 16.9. The first-order valence-electron chi connectivity index (χ1n) is 6.88. The van der Waals surface area contributed by atoms with Crippen LogP contribution in [0, 0.1) is 0 Å². The van der Waals surface area contributed by atoms with Gasteiger partial charge in [-0.2, -0.15) is 0 Å². The van der Waals surface area contributed by atoms with Crippen molar-refractivity contribution in [3.63, 3.8) is 0 Å². The smallest absolute Gasteiger partial charge is 0.259 e. The second kappa shape index (κ2) is 8.11. The third-order valence-electron chi connectivity index (χ3n) is 3.00. The van der Waals surface area contributed by atoms with Crippen LogP contribution in [0.25, 0.3) is 0 Å². The molecule has 1 aromatic heterocycles. The number of nitrogens with one attached hydrogen (secondary N) is 1. The summed E-state index contributed by atoms with van der Waals surface area (Å²) in [6, 6.07) is 15.0.